The second-order valence-electron chi connectivity index (χ2n) is 7.56. The van der Waals surface area contributed by atoms with Gasteiger partial charge in [0.2, 0.25) is 0 Å². The molecule has 1 amide bonds. The molecule has 1 heterocycles. The van der Waals surface area contributed by atoms with E-state index >= 15 is 0 Å². The third-order valence-corrected chi connectivity index (χ3v) is 5.89. The summed E-state index contributed by atoms with van der Waals surface area (Å²) in [6, 6.07) is 18.4. The SMILES string of the molecule is CC1(C)[C@@H]2CN(C(=O)c3ccccc3Cc3ccccc3)C[C@H]21. The average Bonchev–Trinajstić information content (AvgIpc) is 2.93. The molecule has 2 fully saturated rings. The molecule has 0 bridgehead atoms. The van der Waals surface area contributed by atoms with Crippen LogP contribution in [-0.4, -0.2) is 23.9 Å². The molecule has 1 aliphatic heterocycles. The molecule has 0 N–H and O–H groups in total. The number of carbonyl (C=O) groups excluding carboxylic acids is 1. The largest absolute Gasteiger partial charge is 0.338 e. The number of fused-ring (bicyclic) bond motifs is 1. The molecule has 4 rings (SSSR count). The summed E-state index contributed by atoms with van der Waals surface area (Å²) in [6.45, 7) is 6.51. The summed E-state index contributed by atoms with van der Waals surface area (Å²) in [7, 11) is 0. The second kappa shape index (κ2) is 5.23. The Morgan fingerprint density at radius 2 is 1.61 bits per heavy atom. The molecule has 2 heteroatoms. The fraction of sp³-hybridized carbons (Fsp3) is 0.381. The normalized spacial score (nSPS) is 24.3. The van der Waals surface area contributed by atoms with Gasteiger partial charge in [0.15, 0.2) is 0 Å². The fourth-order valence-electron chi connectivity index (χ4n) is 4.17. The highest BCUT2D eigenvalue weighted by molar-refractivity contribution is 5.96. The second-order valence-corrected chi connectivity index (χ2v) is 7.56. The van der Waals surface area contributed by atoms with E-state index in [9.17, 15) is 4.79 Å². The highest BCUT2D eigenvalue weighted by Crippen LogP contribution is 2.62. The molecule has 2 atom stereocenters. The standard InChI is InChI=1S/C21H23NO/c1-21(2)18-13-22(14-19(18)21)20(23)17-11-7-6-10-16(17)12-15-8-4-3-5-9-15/h3-11,18-19H,12-14H2,1-2H3/t18-,19-/m1/s1. The molecule has 2 aromatic carbocycles. The van der Waals surface area contributed by atoms with Crippen LogP contribution in [0.15, 0.2) is 54.6 Å². The van der Waals surface area contributed by atoms with Crippen LogP contribution < -0.4 is 0 Å². The van der Waals surface area contributed by atoms with Crippen molar-refractivity contribution >= 4 is 5.91 Å². The van der Waals surface area contributed by atoms with Gasteiger partial charge in [-0.15, -0.1) is 0 Å². The maximum atomic E-state index is 13.0. The van der Waals surface area contributed by atoms with Crippen LogP contribution in [0.3, 0.4) is 0 Å². The summed E-state index contributed by atoms with van der Waals surface area (Å²) in [4.78, 5) is 15.0. The number of rotatable bonds is 3. The van der Waals surface area contributed by atoms with Crippen molar-refractivity contribution in [3.8, 4) is 0 Å². The number of piperidine rings is 1. The molecule has 0 aromatic heterocycles. The smallest absolute Gasteiger partial charge is 0.254 e. The monoisotopic (exact) mass is 305 g/mol. The summed E-state index contributed by atoms with van der Waals surface area (Å²) in [5.74, 6) is 1.61. The van der Waals surface area contributed by atoms with Gasteiger partial charge in [-0.2, -0.15) is 0 Å². The van der Waals surface area contributed by atoms with Gasteiger partial charge >= 0.3 is 0 Å². The van der Waals surface area contributed by atoms with Crippen LogP contribution in [0.25, 0.3) is 0 Å². The van der Waals surface area contributed by atoms with Crippen molar-refractivity contribution in [3.63, 3.8) is 0 Å². The lowest BCUT2D eigenvalue weighted by Crippen LogP contribution is -2.33. The van der Waals surface area contributed by atoms with Crippen LogP contribution >= 0.6 is 0 Å². The predicted molar refractivity (Wildman–Crippen MR) is 92.4 cm³/mol. The first kappa shape index (κ1) is 14.5. The Kier molecular flexibility index (Phi) is 3.29. The van der Waals surface area contributed by atoms with Crippen LogP contribution in [-0.2, 0) is 6.42 Å². The number of hydrogen-bond acceptors (Lipinski definition) is 1. The summed E-state index contributed by atoms with van der Waals surface area (Å²) in [5, 5.41) is 0. The number of nitrogens with zero attached hydrogens (tertiary/aromatic N) is 1. The maximum Gasteiger partial charge on any atom is 0.254 e. The predicted octanol–water partition coefficient (Wildman–Crippen LogP) is 4.01. The van der Waals surface area contributed by atoms with Crippen LogP contribution in [0, 0.1) is 17.3 Å². The molecule has 2 nitrogen and oxygen atoms in total. The number of likely N-dealkylation sites (tertiary alicyclic amines) is 1. The lowest BCUT2D eigenvalue weighted by Gasteiger charge is -2.23. The topological polar surface area (TPSA) is 20.3 Å². The summed E-state index contributed by atoms with van der Waals surface area (Å²) < 4.78 is 0. The molecule has 0 spiro atoms. The molecule has 118 valence electrons. The minimum atomic E-state index is 0.208. The summed E-state index contributed by atoms with van der Waals surface area (Å²) in [6.07, 6.45) is 0.814. The Morgan fingerprint density at radius 1 is 1.00 bits per heavy atom. The summed E-state index contributed by atoms with van der Waals surface area (Å²) >= 11 is 0. The molecule has 23 heavy (non-hydrogen) atoms. The Hall–Kier alpha value is -2.09. The maximum absolute atomic E-state index is 13.0. The Bertz CT molecular complexity index is 721. The van der Waals surface area contributed by atoms with Gasteiger partial charge in [0.05, 0.1) is 0 Å². The van der Waals surface area contributed by atoms with Crippen LogP contribution in [0.2, 0.25) is 0 Å². The van der Waals surface area contributed by atoms with Crippen molar-refractivity contribution in [2.24, 2.45) is 17.3 Å². The average molecular weight is 305 g/mol. The van der Waals surface area contributed by atoms with E-state index in [1.807, 2.05) is 24.3 Å². The molecular weight excluding hydrogens is 282 g/mol. The lowest BCUT2D eigenvalue weighted by atomic mass is 9.98. The molecule has 0 radical (unpaired) electrons. The zero-order valence-corrected chi connectivity index (χ0v) is 13.8. The quantitative estimate of drug-likeness (QED) is 0.839. The number of benzene rings is 2. The molecule has 0 unspecified atom stereocenters. The summed E-state index contributed by atoms with van der Waals surface area (Å²) in [5.41, 5.74) is 3.69. The highest BCUT2D eigenvalue weighted by Gasteiger charge is 2.62. The Labute approximate surface area is 138 Å². The first-order valence-electron chi connectivity index (χ1n) is 8.48. The van der Waals surface area contributed by atoms with Gasteiger partial charge in [-0.05, 0) is 40.9 Å². The van der Waals surface area contributed by atoms with E-state index in [0.717, 1.165) is 30.6 Å². The van der Waals surface area contributed by atoms with Crippen molar-refractivity contribution in [1.82, 2.24) is 4.90 Å². The number of hydrogen-bond donors (Lipinski definition) is 0. The third-order valence-electron chi connectivity index (χ3n) is 5.89. The van der Waals surface area contributed by atoms with Crippen molar-refractivity contribution in [2.45, 2.75) is 20.3 Å². The van der Waals surface area contributed by atoms with Crippen molar-refractivity contribution in [2.75, 3.05) is 13.1 Å². The van der Waals surface area contributed by atoms with Crippen LogP contribution in [0.1, 0.15) is 35.3 Å². The van der Waals surface area contributed by atoms with Gasteiger partial charge in [0, 0.05) is 18.7 Å². The van der Waals surface area contributed by atoms with Gasteiger partial charge in [-0.3, -0.25) is 4.79 Å². The van der Waals surface area contributed by atoms with Gasteiger partial charge in [-0.25, -0.2) is 0 Å². The van der Waals surface area contributed by atoms with E-state index in [2.05, 4.69) is 49.1 Å². The van der Waals surface area contributed by atoms with Crippen molar-refractivity contribution in [3.05, 3.63) is 71.3 Å². The zero-order chi connectivity index (χ0) is 16.0. The molecule has 2 aromatic rings. The van der Waals surface area contributed by atoms with Crippen LogP contribution in [0.5, 0.6) is 0 Å². The Balaban J connectivity index is 1.54. The van der Waals surface area contributed by atoms with E-state index in [1.165, 1.54) is 5.56 Å². The molecular formula is C21H23NO. The van der Waals surface area contributed by atoms with E-state index in [-0.39, 0.29) is 5.91 Å². The Morgan fingerprint density at radius 3 is 2.30 bits per heavy atom. The van der Waals surface area contributed by atoms with Crippen molar-refractivity contribution < 1.29 is 4.79 Å². The molecule has 1 saturated heterocycles. The highest BCUT2D eigenvalue weighted by atomic mass is 16.2. The lowest BCUT2D eigenvalue weighted by molar-refractivity contribution is 0.0757. The van der Waals surface area contributed by atoms with Gasteiger partial charge in [0.25, 0.3) is 5.91 Å². The first-order chi connectivity index (χ1) is 11.1. The third kappa shape index (κ3) is 2.46. The zero-order valence-electron chi connectivity index (χ0n) is 13.8. The van der Waals surface area contributed by atoms with Gasteiger partial charge < -0.3 is 4.90 Å². The van der Waals surface area contributed by atoms with Crippen molar-refractivity contribution in [1.29, 1.82) is 0 Å². The van der Waals surface area contributed by atoms with Gasteiger partial charge in [0.1, 0.15) is 0 Å². The minimum absolute atomic E-state index is 0.208. The van der Waals surface area contributed by atoms with Crippen LogP contribution in [0.4, 0.5) is 0 Å². The van der Waals surface area contributed by atoms with E-state index in [1.54, 1.807) is 0 Å². The van der Waals surface area contributed by atoms with E-state index in [0.29, 0.717) is 17.3 Å². The molecule has 2 aliphatic rings. The number of amides is 1. The van der Waals surface area contributed by atoms with E-state index < -0.39 is 0 Å². The number of carbonyl (C=O) groups is 1. The molecule has 1 aliphatic carbocycles. The fourth-order valence-corrected chi connectivity index (χ4v) is 4.17. The van der Waals surface area contributed by atoms with Gasteiger partial charge in [-0.1, -0.05) is 62.4 Å². The minimum Gasteiger partial charge on any atom is -0.338 e. The van der Waals surface area contributed by atoms with E-state index in [4.69, 9.17) is 0 Å². The molecule has 1 saturated carbocycles. The first-order valence-corrected chi connectivity index (χ1v) is 8.48.